The number of ether oxygens (including phenoxy) is 4. The van der Waals surface area contributed by atoms with Gasteiger partial charge in [0.1, 0.15) is 11.8 Å². The van der Waals surface area contributed by atoms with E-state index in [2.05, 4.69) is 25.9 Å². The van der Waals surface area contributed by atoms with Crippen LogP contribution in [0.3, 0.4) is 0 Å². The van der Waals surface area contributed by atoms with E-state index >= 15 is 0 Å². The van der Waals surface area contributed by atoms with Crippen molar-refractivity contribution in [2.45, 2.75) is 117 Å². The van der Waals surface area contributed by atoms with Crippen molar-refractivity contribution in [2.75, 3.05) is 6.61 Å². The molecule has 0 N–H and O–H groups in total. The Kier molecular flexibility index (Phi) is 6.93. The van der Waals surface area contributed by atoms with E-state index in [9.17, 15) is 24.5 Å². The number of esters is 2. The quantitative estimate of drug-likeness (QED) is 0.265. The lowest BCUT2D eigenvalue weighted by Crippen LogP contribution is -2.69. The van der Waals surface area contributed by atoms with E-state index in [1.807, 2.05) is 6.92 Å². The first-order chi connectivity index (χ1) is 19.7. The highest BCUT2D eigenvalue weighted by Crippen LogP contribution is 2.72. The summed E-state index contributed by atoms with van der Waals surface area (Å²) in [5, 5.41) is 15.2. The SMILES string of the molecule is CC(=O)O[C@H]1CC[C@]2(C)[C@H]3CC[C@]4(C)[C@@H]5[C@H](C[C@H]4[C@@H]3C/C(=N\[N+](=O)[O-])[C@@]2(OC(C)=O)C1)O[C@@]1(OC[C@H](C)CC1=O)[C@H]5C. The smallest absolute Gasteiger partial charge is 0.303 e. The normalized spacial score (nSPS) is 50.4. The summed E-state index contributed by atoms with van der Waals surface area (Å²) in [5.74, 6) is -1.51. The van der Waals surface area contributed by atoms with Crippen LogP contribution < -0.4 is 0 Å². The molecule has 2 heterocycles. The Labute approximate surface area is 246 Å². The van der Waals surface area contributed by atoms with Gasteiger partial charge in [0.25, 0.3) is 0 Å². The number of nitro groups is 1. The molecule has 12 atom stereocenters. The van der Waals surface area contributed by atoms with Gasteiger partial charge in [0.05, 0.1) is 17.8 Å². The summed E-state index contributed by atoms with van der Waals surface area (Å²) in [6.45, 7) is 11.7. The van der Waals surface area contributed by atoms with Crippen LogP contribution in [0.5, 0.6) is 0 Å². The van der Waals surface area contributed by atoms with Crippen LogP contribution in [0.2, 0.25) is 0 Å². The van der Waals surface area contributed by atoms with E-state index in [1.165, 1.54) is 13.8 Å². The van der Waals surface area contributed by atoms with Crippen LogP contribution in [0.15, 0.2) is 5.10 Å². The summed E-state index contributed by atoms with van der Waals surface area (Å²) < 4.78 is 24.6. The number of rotatable bonds is 3. The third-order valence-corrected chi connectivity index (χ3v) is 12.5. The Bertz CT molecular complexity index is 1240. The molecule has 1 spiro atoms. The number of ketones is 1. The molecule has 4 saturated carbocycles. The van der Waals surface area contributed by atoms with Crippen molar-refractivity contribution in [2.24, 2.45) is 51.4 Å². The molecule has 4 aliphatic carbocycles. The fourth-order valence-corrected chi connectivity index (χ4v) is 11.0. The summed E-state index contributed by atoms with van der Waals surface area (Å²) in [6, 6.07) is 0. The van der Waals surface area contributed by atoms with Crippen LogP contribution in [-0.2, 0) is 33.3 Å². The van der Waals surface area contributed by atoms with Gasteiger partial charge in [0.15, 0.2) is 16.4 Å². The average Bonchev–Trinajstić information content (AvgIpc) is 3.33. The highest BCUT2D eigenvalue weighted by atomic mass is 16.7. The highest BCUT2D eigenvalue weighted by molar-refractivity contribution is 5.96. The second kappa shape index (κ2) is 9.81. The van der Waals surface area contributed by atoms with Crippen LogP contribution >= 0.6 is 0 Å². The maximum absolute atomic E-state index is 13.3. The van der Waals surface area contributed by atoms with Crippen molar-refractivity contribution in [3.8, 4) is 0 Å². The van der Waals surface area contributed by atoms with Crippen LogP contribution in [0.1, 0.15) is 92.9 Å². The molecule has 2 saturated heterocycles. The topological polar surface area (TPSA) is 144 Å². The summed E-state index contributed by atoms with van der Waals surface area (Å²) in [6.07, 6.45) is 3.98. The van der Waals surface area contributed by atoms with Crippen LogP contribution in [-0.4, -0.2) is 58.7 Å². The van der Waals surface area contributed by atoms with Crippen LogP contribution in [0.25, 0.3) is 0 Å². The number of fused-ring (bicyclic) bond motifs is 7. The lowest BCUT2D eigenvalue weighted by Gasteiger charge is -2.64. The van der Waals surface area contributed by atoms with E-state index in [0.29, 0.717) is 32.3 Å². The van der Waals surface area contributed by atoms with Gasteiger partial charge >= 0.3 is 11.9 Å². The van der Waals surface area contributed by atoms with Gasteiger partial charge in [-0.2, -0.15) is 0 Å². The maximum Gasteiger partial charge on any atom is 0.303 e. The molecule has 0 unspecified atom stereocenters. The molecule has 6 fully saturated rings. The molecule has 6 rings (SSSR count). The zero-order valence-corrected chi connectivity index (χ0v) is 25.6. The first-order valence-electron chi connectivity index (χ1n) is 15.6. The zero-order chi connectivity index (χ0) is 30.4. The van der Waals surface area contributed by atoms with E-state index < -0.39 is 39.9 Å². The van der Waals surface area contributed by atoms with Crippen molar-refractivity contribution in [3.63, 3.8) is 0 Å². The highest BCUT2D eigenvalue weighted by Gasteiger charge is 2.74. The monoisotopic (exact) mass is 588 g/mol. The Morgan fingerprint density at radius 1 is 1.07 bits per heavy atom. The molecule has 11 nitrogen and oxygen atoms in total. The Hall–Kier alpha value is -2.40. The van der Waals surface area contributed by atoms with E-state index in [4.69, 9.17) is 18.9 Å². The molecule has 42 heavy (non-hydrogen) atoms. The lowest BCUT2D eigenvalue weighted by molar-refractivity contribution is -0.486. The zero-order valence-electron chi connectivity index (χ0n) is 25.6. The molecule has 6 aliphatic rings. The minimum Gasteiger partial charge on any atom is -0.462 e. The molecule has 0 radical (unpaired) electrons. The maximum atomic E-state index is 13.3. The first-order valence-corrected chi connectivity index (χ1v) is 15.6. The second-order valence-corrected chi connectivity index (χ2v) is 14.6. The third kappa shape index (κ3) is 4.04. The van der Waals surface area contributed by atoms with Crippen molar-refractivity contribution in [3.05, 3.63) is 10.1 Å². The average molecular weight is 589 g/mol. The predicted molar refractivity (Wildman–Crippen MR) is 148 cm³/mol. The number of Topliss-reactive ketones (excluding diaryl/α,β-unsaturated/α-hetero) is 1. The largest absolute Gasteiger partial charge is 0.462 e. The Morgan fingerprint density at radius 2 is 1.81 bits per heavy atom. The number of nitrogens with zero attached hydrogens (tertiary/aromatic N) is 2. The van der Waals surface area contributed by atoms with Gasteiger partial charge in [-0.3, -0.25) is 14.4 Å². The van der Waals surface area contributed by atoms with Crippen LogP contribution in [0.4, 0.5) is 0 Å². The van der Waals surface area contributed by atoms with Crippen LogP contribution in [0, 0.1) is 56.5 Å². The third-order valence-electron chi connectivity index (χ3n) is 12.5. The summed E-state index contributed by atoms with van der Waals surface area (Å²) in [5.41, 5.74) is -1.85. The van der Waals surface area contributed by atoms with Gasteiger partial charge in [0, 0.05) is 38.0 Å². The Balaban J connectivity index is 1.37. The number of hydrogen-bond acceptors (Lipinski definition) is 9. The molecular weight excluding hydrogens is 544 g/mol. The minimum absolute atomic E-state index is 0.0401. The fraction of sp³-hybridized carbons (Fsp3) is 0.871. The molecule has 0 bridgehead atoms. The van der Waals surface area contributed by atoms with Crippen molar-refractivity contribution >= 4 is 23.4 Å². The first kappa shape index (κ1) is 29.7. The van der Waals surface area contributed by atoms with Gasteiger partial charge in [-0.05, 0) is 73.5 Å². The number of hydrazone groups is 1. The van der Waals surface area contributed by atoms with Crippen molar-refractivity contribution < 1.29 is 38.4 Å². The molecule has 0 amide bonds. The summed E-state index contributed by atoms with van der Waals surface area (Å²) in [4.78, 5) is 49.8. The molecule has 2 aliphatic heterocycles. The fourth-order valence-electron chi connectivity index (χ4n) is 11.0. The number of carbonyl (C=O) groups excluding carboxylic acids is 3. The number of hydrogen-bond donors (Lipinski definition) is 0. The standard InChI is InChI=1S/C31H44N2O9/c1-16-11-26(36)31(39-15-16)17(2)27-24(42-31)13-23-21-12-25(32-33(37)38)30(41-19(4)35)14-20(40-18(3)34)7-10-29(30,6)22(21)8-9-28(23,27)5/h16-17,20-24,27H,7-15H2,1-6H3/b32-25+/t16-,17+,20+,21-,22+,23+,24+,27+,28+,29-,30+,31+/m1/s1. The van der Waals surface area contributed by atoms with Gasteiger partial charge in [-0.1, -0.05) is 27.7 Å². The van der Waals surface area contributed by atoms with Crippen molar-refractivity contribution in [1.29, 1.82) is 0 Å². The molecular formula is C31H44N2O9. The predicted octanol–water partition coefficient (Wildman–Crippen LogP) is 4.47. The van der Waals surface area contributed by atoms with E-state index in [1.54, 1.807) is 0 Å². The summed E-state index contributed by atoms with van der Waals surface area (Å²) in [7, 11) is 0. The number of carbonyl (C=O) groups is 3. The van der Waals surface area contributed by atoms with Gasteiger partial charge in [0.2, 0.25) is 5.79 Å². The molecule has 232 valence electrons. The Morgan fingerprint density at radius 3 is 2.45 bits per heavy atom. The lowest BCUT2D eigenvalue weighted by atomic mass is 9.42. The van der Waals surface area contributed by atoms with Gasteiger partial charge in [-0.15, -0.1) is 0 Å². The molecule has 0 aromatic rings. The molecule has 11 heteroatoms. The minimum atomic E-state index is -1.33. The van der Waals surface area contributed by atoms with Gasteiger partial charge < -0.3 is 18.9 Å². The van der Waals surface area contributed by atoms with E-state index in [-0.39, 0.29) is 64.9 Å². The molecule has 0 aromatic heterocycles. The van der Waals surface area contributed by atoms with Gasteiger partial charge in [-0.25, -0.2) is 10.1 Å². The molecule has 0 aromatic carbocycles. The van der Waals surface area contributed by atoms with Crippen molar-refractivity contribution in [1.82, 2.24) is 0 Å². The summed E-state index contributed by atoms with van der Waals surface area (Å²) >= 11 is 0. The van der Waals surface area contributed by atoms with E-state index in [0.717, 1.165) is 19.3 Å². The second-order valence-electron chi connectivity index (χ2n) is 14.6.